The molecule has 1 aromatic rings. The molecule has 0 bridgehead atoms. The smallest absolute Gasteiger partial charge is 0.253 e. The zero-order valence-electron chi connectivity index (χ0n) is 11.6. The van der Waals surface area contributed by atoms with Gasteiger partial charge in [0.15, 0.2) is 0 Å². The molecule has 1 aliphatic rings. The summed E-state index contributed by atoms with van der Waals surface area (Å²) in [6.45, 7) is 6.64. The Bertz CT molecular complexity index is 467. The van der Waals surface area contributed by atoms with Crippen LogP contribution < -0.4 is 0 Å². The summed E-state index contributed by atoms with van der Waals surface area (Å²) in [7, 11) is 0. The third kappa shape index (κ3) is 4.18. The minimum absolute atomic E-state index is 0.122. The monoisotopic (exact) mass is 337 g/mol. The molecule has 108 valence electrons. The lowest BCUT2D eigenvalue weighted by Gasteiger charge is -2.32. The maximum absolute atomic E-state index is 12.4. The van der Waals surface area contributed by atoms with E-state index in [0.717, 1.165) is 42.6 Å². The number of hydrogen-bond acceptors (Lipinski definition) is 2. The summed E-state index contributed by atoms with van der Waals surface area (Å²) in [4.78, 5) is 14.3. The summed E-state index contributed by atoms with van der Waals surface area (Å²) in [6, 6.07) is 7.57. The highest BCUT2D eigenvalue weighted by molar-refractivity contribution is 9.10. The van der Waals surface area contributed by atoms with Crippen LogP contribution in [0.25, 0.3) is 0 Å². The molecule has 0 aromatic heterocycles. The van der Waals surface area contributed by atoms with Crippen molar-refractivity contribution in [1.82, 2.24) is 4.90 Å². The molecule has 20 heavy (non-hydrogen) atoms. The molecular formula is C16H20BrNO2. The lowest BCUT2D eigenvalue weighted by atomic mass is 9.97. The van der Waals surface area contributed by atoms with Gasteiger partial charge in [-0.15, -0.1) is 6.58 Å². The van der Waals surface area contributed by atoms with E-state index in [2.05, 4.69) is 22.5 Å². The van der Waals surface area contributed by atoms with Crippen molar-refractivity contribution in [1.29, 1.82) is 0 Å². The number of benzene rings is 1. The van der Waals surface area contributed by atoms with Crippen molar-refractivity contribution in [2.45, 2.75) is 12.8 Å². The first-order valence-electron chi connectivity index (χ1n) is 6.94. The first kappa shape index (κ1) is 15.3. The number of hydrogen-bond donors (Lipinski definition) is 0. The normalized spacial score (nSPS) is 16.1. The quantitative estimate of drug-likeness (QED) is 0.607. The summed E-state index contributed by atoms with van der Waals surface area (Å²) < 4.78 is 6.43. The highest BCUT2D eigenvalue weighted by atomic mass is 79.9. The van der Waals surface area contributed by atoms with Crippen molar-refractivity contribution in [3.8, 4) is 0 Å². The van der Waals surface area contributed by atoms with E-state index < -0.39 is 0 Å². The van der Waals surface area contributed by atoms with Crippen LogP contribution in [0.5, 0.6) is 0 Å². The SMILES string of the molecule is C=CCOCC1CCN(C(=O)c2cccc(Br)c2)CC1. The number of amides is 1. The number of carbonyl (C=O) groups excluding carboxylic acids is 1. The summed E-state index contributed by atoms with van der Waals surface area (Å²) in [5, 5.41) is 0. The van der Waals surface area contributed by atoms with E-state index in [-0.39, 0.29) is 5.91 Å². The van der Waals surface area contributed by atoms with Crippen molar-refractivity contribution < 1.29 is 9.53 Å². The van der Waals surface area contributed by atoms with Crippen LogP contribution in [0.4, 0.5) is 0 Å². The van der Waals surface area contributed by atoms with Crippen molar-refractivity contribution in [2.75, 3.05) is 26.3 Å². The Balaban J connectivity index is 1.84. The largest absolute Gasteiger partial charge is 0.377 e. The van der Waals surface area contributed by atoms with Gasteiger partial charge in [0.2, 0.25) is 0 Å². The minimum Gasteiger partial charge on any atom is -0.377 e. The van der Waals surface area contributed by atoms with E-state index in [1.165, 1.54) is 0 Å². The fourth-order valence-corrected chi connectivity index (χ4v) is 2.82. The van der Waals surface area contributed by atoms with E-state index >= 15 is 0 Å². The molecule has 1 amide bonds. The summed E-state index contributed by atoms with van der Waals surface area (Å²) in [5.74, 6) is 0.679. The molecule has 1 saturated heterocycles. The van der Waals surface area contributed by atoms with E-state index in [1.807, 2.05) is 29.2 Å². The zero-order valence-corrected chi connectivity index (χ0v) is 13.1. The van der Waals surface area contributed by atoms with E-state index in [1.54, 1.807) is 6.08 Å². The molecule has 1 aliphatic heterocycles. The number of ether oxygens (including phenoxy) is 1. The summed E-state index contributed by atoms with van der Waals surface area (Å²) in [6.07, 6.45) is 3.79. The first-order valence-corrected chi connectivity index (χ1v) is 7.73. The van der Waals surface area contributed by atoms with Gasteiger partial charge in [-0.25, -0.2) is 0 Å². The van der Waals surface area contributed by atoms with Crippen molar-refractivity contribution in [3.63, 3.8) is 0 Å². The number of piperidine rings is 1. The highest BCUT2D eigenvalue weighted by Gasteiger charge is 2.23. The van der Waals surface area contributed by atoms with Crippen LogP contribution >= 0.6 is 15.9 Å². The number of carbonyl (C=O) groups is 1. The standard InChI is InChI=1S/C16H20BrNO2/c1-2-10-20-12-13-6-8-18(9-7-13)16(19)14-4-3-5-15(17)11-14/h2-5,11,13H,1,6-10,12H2. The molecule has 0 unspecified atom stereocenters. The third-order valence-electron chi connectivity index (χ3n) is 3.56. The maximum Gasteiger partial charge on any atom is 0.253 e. The minimum atomic E-state index is 0.122. The number of halogens is 1. The Morgan fingerprint density at radius 1 is 1.45 bits per heavy atom. The number of rotatable bonds is 5. The topological polar surface area (TPSA) is 29.5 Å². The fraction of sp³-hybridized carbons (Fsp3) is 0.438. The van der Waals surface area contributed by atoms with Gasteiger partial charge in [-0.1, -0.05) is 28.1 Å². The predicted molar refractivity (Wildman–Crippen MR) is 83.8 cm³/mol. The Morgan fingerprint density at radius 3 is 2.85 bits per heavy atom. The molecule has 1 aromatic carbocycles. The van der Waals surface area contributed by atoms with Crippen molar-refractivity contribution in [3.05, 3.63) is 47.0 Å². The molecule has 0 spiro atoms. The lowest BCUT2D eigenvalue weighted by molar-refractivity contribution is 0.0575. The van der Waals surface area contributed by atoms with Crippen LogP contribution in [-0.2, 0) is 4.74 Å². The average Bonchev–Trinajstić information content (AvgIpc) is 2.47. The highest BCUT2D eigenvalue weighted by Crippen LogP contribution is 2.20. The van der Waals surface area contributed by atoms with Gasteiger partial charge in [-0.3, -0.25) is 4.79 Å². The fourth-order valence-electron chi connectivity index (χ4n) is 2.42. The van der Waals surface area contributed by atoms with Crippen molar-refractivity contribution >= 4 is 21.8 Å². The predicted octanol–water partition coefficient (Wildman–Crippen LogP) is 3.50. The lowest BCUT2D eigenvalue weighted by Crippen LogP contribution is -2.39. The van der Waals surface area contributed by atoms with Crippen LogP contribution in [0.2, 0.25) is 0 Å². The molecule has 1 fully saturated rings. The van der Waals surface area contributed by atoms with Gasteiger partial charge < -0.3 is 9.64 Å². The molecule has 0 N–H and O–H groups in total. The van der Waals surface area contributed by atoms with Gasteiger partial charge in [0, 0.05) is 29.7 Å². The molecule has 3 nitrogen and oxygen atoms in total. The van der Waals surface area contributed by atoms with Gasteiger partial charge in [-0.05, 0) is 37.0 Å². The Labute approximate surface area is 128 Å². The second-order valence-electron chi connectivity index (χ2n) is 5.07. The first-order chi connectivity index (χ1) is 9.70. The number of likely N-dealkylation sites (tertiary alicyclic amines) is 1. The molecule has 1 heterocycles. The van der Waals surface area contributed by atoms with E-state index in [0.29, 0.717) is 12.5 Å². The summed E-state index contributed by atoms with van der Waals surface area (Å²) >= 11 is 3.40. The molecule has 0 aliphatic carbocycles. The Morgan fingerprint density at radius 2 is 2.20 bits per heavy atom. The maximum atomic E-state index is 12.4. The second-order valence-corrected chi connectivity index (χ2v) is 5.99. The average molecular weight is 338 g/mol. The Kier molecular flexibility index (Phi) is 5.80. The van der Waals surface area contributed by atoms with Crippen LogP contribution in [0.15, 0.2) is 41.4 Å². The van der Waals surface area contributed by atoms with Crippen LogP contribution in [-0.4, -0.2) is 37.1 Å². The van der Waals surface area contributed by atoms with Crippen LogP contribution in [0.1, 0.15) is 23.2 Å². The second kappa shape index (κ2) is 7.60. The molecule has 0 saturated carbocycles. The van der Waals surface area contributed by atoms with Gasteiger partial charge in [-0.2, -0.15) is 0 Å². The molecule has 0 atom stereocenters. The van der Waals surface area contributed by atoms with Gasteiger partial charge in [0.1, 0.15) is 0 Å². The van der Waals surface area contributed by atoms with Crippen molar-refractivity contribution in [2.24, 2.45) is 5.92 Å². The molecular weight excluding hydrogens is 318 g/mol. The zero-order chi connectivity index (χ0) is 14.4. The van der Waals surface area contributed by atoms with Gasteiger partial charge >= 0.3 is 0 Å². The van der Waals surface area contributed by atoms with E-state index in [9.17, 15) is 4.79 Å². The molecule has 4 heteroatoms. The van der Waals surface area contributed by atoms with Gasteiger partial charge in [0.25, 0.3) is 5.91 Å². The Hall–Kier alpha value is -1.13. The summed E-state index contributed by atoms with van der Waals surface area (Å²) in [5.41, 5.74) is 0.751. The third-order valence-corrected chi connectivity index (χ3v) is 4.06. The van der Waals surface area contributed by atoms with Crippen LogP contribution in [0, 0.1) is 5.92 Å². The molecule has 2 rings (SSSR count). The number of nitrogens with zero attached hydrogens (tertiary/aromatic N) is 1. The van der Waals surface area contributed by atoms with E-state index in [4.69, 9.17) is 4.74 Å². The van der Waals surface area contributed by atoms with Gasteiger partial charge in [0.05, 0.1) is 6.61 Å². The molecule has 0 radical (unpaired) electrons. The van der Waals surface area contributed by atoms with Crippen LogP contribution in [0.3, 0.4) is 0 Å².